The van der Waals surface area contributed by atoms with E-state index in [1.54, 1.807) is 11.3 Å². The number of carbonyl (C=O) groups is 1. The Balaban J connectivity index is 1.44. The highest BCUT2D eigenvalue weighted by atomic mass is 32.1. The maximum absolute atomic E-state index is 12.8. The van der Waals surface area contributed by atoms with Gasteiger partial charge in [-0.25, -0.2) is 0 Å². The summed E-state index contributed by atoms with van der Waals surface area (Å²) in [6.45, 7) is 8.29. The Labute approximate surface area is 166 Å². The van der Waals surface area contributed by atoms with Crippen molar-refractivity contribution in [3.63, 3.8) is 0 Å². The molecule has 4 N–H and O–H groups in total. The van der Waals surface area contributed by atoms with Gasteiger partial charge in [-0.3, -0.25) is 14.8 Å². The molecule has 1 aliphatic heterocycles. The Morgan fingerprint density at radius 3 is 3.00 bits per heavy atom. The number of aryl methyl sites for hydroxylation is 2. The van der Waals surface area contributed by atoms with Gasteiger partial charge in [0.2, 0.25) is 5.95 Å². The van der Waals surface area contributed by atoms with E-state index >= 15 is 0 Å². The number of aromatic amines is 1. The van der Waals surface area contributed by atoms with Gasteiger partial charge < -0.3 is 15.6 Å². The number of rotatable bonds is 5. The molecule has 10 heteroatoms. The third-order valence-corrected chi connectivity index (χ3v) is 6.12. The van der Waals surface area contributed by atoms with Crippen molar-refractivity contribution in [2.75, 3.05) is 12.3 Å². The fourth-order valence-corrected chi connectivity index (χ4v) is 4.60. The van der Waals surface area contributed by atoms with Crippen LogP contribution in [0.3, 0.4) is 0 Å². The summed E-state index contributed by atoms with van der Waals surface area (Å²) >= 11 is 1.63. The number of nitrogens with two attached hydrogens (primary N) is 1. The molecular formula is C18H23N7O2S. The number of nitrogen functional groups attached to an aromatic ring is 1. The van der Waals surface area contributed by atoms with Crippen LogP contribution in [0.15, 0.2) is 9.90 Å². The first-order valence-corrected chi connectivity index (χ1v) is 10.0. The second kappa shape index (κ2) is 7.36. The monoisotopic (exact) mass is 401 g/mol. The topological polar surface area (TPSA) is 126 Å². The molecule has 0 aliphatic carbocycles. The molecule has 0 saturated heterocycles. The van der Waals surface area contributed by atoms with Crippen LogP contribution in [-0.4, -0.2) is 37.7 Å². The van der Waals surface area contributed by atoms with E-state index in [2.05, 4.69) is 30.6 Å². The van der Waals surface area contributed by atoms with E-state index in [0.29, 0.717) is 5.82 Å². The summed E-state index contributed by atoms with van der Waals surface area (Å²) in [7, 11) is 0. The largest absolute Gasteiger partial charge is 0.367 e. The van der Waals surface area contributed by atoms with Crippen molar-refractivity contribution in [3.05, 3.63) is 44.2 Å². The molecule has 1 amide bonds. The Morgan fingerprint density at radius 2 is 2.32 bits per heavy atom. The highest BCUT2D eigenvalue weighted by molar-refractivity contribution is 7.10. The van der Waals surface area contributed by atoms with Crippen LogP contribution in [0.25, 0.3) is 0 Å². The van der Waals surface area contributed by atoms with Gasteiger partial charge in [0.25, 0.3) is 5.91 Å². The fraction of sp³-hybridized carbons (Fsp3) is 0.444. The predicted molar refractivity (Wildman–Crippen MR) is 105 cm³/mol. The molecule has 28 heavy (non-hydrogen) atoms. The van der Waals surface area contributed by atoms with Crippen molar-refractivity contribution in [3.8, 4) is 0 Å². The SMILES string of the molecule is Cc1noc(C)c1CN1CCc2c(C(=O)NC(C)c3nc(N)n[nH]3)csc2C1. The molecule has 1 atom stereocenters. The number of thiophene rings is 1. The number of hydrogen-bond donors (Lipinski definition) is 3. The molecule has 1 unspecified atom stereocenters. The number of carbonyl (C=O) groups excluding carboxylic acids is 1. The van der Waals surface area contributed by atoms with Gasteiger partial charge in [-0.05, 0) is 32.8 Å². The van der Waals surface area contributed by atoms with Crippen LogP contribution in [0.4, 0.5) is 5.95 Å². The number of hydrogen-bond acceptors (Lipinski definition) is 8. The number of aromatic nitrogens is 4. The number of H-pyrrole nitrogens is 1. The summed E-state index contributed by atoms with van der Waals surface area (Å²) in [4.78, 5) is 20.4. The van der Waals surface area contributed by atoms with Gasteiger partial charge in [-0.2, -0.15) is 4.98 Å². The zero-order valence-corrected chi connectivity index (χ0v) is 16.9. The molecule has 3 aromatic rings. The second-order valence-corrected chi connectivity index (χ2v) is 8.05. The van der Waals surface area contributed by atoms with Crippen LogP contribution >= 0.6 is 11.3 Å². The van der Waals surface area contributed by atoms with Crippen molar-refractivity contribution >= 4 is 23.2 Å². The number of nitrogens with zero attached hydrogens (tertiary/aromatic N) is 4. The first kappa shape index (κ1) is 18.6. The van der Waals surface area contributed by atoms with E-state index in [9.17, 15) is 4.79 Å². The molecule has 3 aromatic heterocycles. The quantitative estimate of drug-likeness (QED) is 0.597. The average Bonchev–Trinajstić information content (AvgIpc) is 3.36. The molecule has 4 rings (SSSR count). The molecule has 0 fully saturated rings. The lowest BCUT2D eigenvalue weighted by molar-refractivity contribution is 0.0937. The molecule has 0 radical (unpaired) electrons. The maximum atomic E-state index is 12.8. The first-order chi connectivity index (χ1) is 13.4. The van der Waals surface area contributed by atoms with Gasteiger partial charge in [0, 0.05) is 35.5 Å². The Kier molecular flexibility index (Phi) is 4.90. The molecule has 9 nitrogen and oxygen atoms in total. The lowest BCUT2D eigenvalue weighted by Gasteiger charge is -2.27. The number of amides is 1. The van der Waals surface area contributed by atoms with Gasteiger partial charge in [-0.15, -0.1) is 16.4 Å². The van der Waals surface area contributed by atoms with E-state index < -0.39 is 0 Å². The molecule has 0 aromatic carbocycles. The van der Waals surface area contributed by atoms with Crippen LogP contribution in [-0.2, 0) is 19.5 Å². The van der Waals surface area contributed by atoms with Crippen molar-refractivity contribution < 1.29 is 9.32 Å². The summed E-state index contributed by atoms with van der Waals surface area (Å²) in [5.74, 6) is 1.48. The van der Waals surface area contributed by atoms with Crippen LogP contribution in [0.1, 0.15) is 56.6 Å². The van der Waals surface area contributed by atoms with Crippen LogP contribution in [0.5, 0.6) is 0 Å². The van der Waals surface area contributed by atoms with Crippen LogP contribution < -0.4 is 11.1 Å². The van der Waals surface area contributed by atoms with Crippen molar-refractivity contribution in [1.29, 1.82) is 0 Å². The highest BCUT2D eigenvalue weighted by Gasteiger charge is 2.26. The third kappa shape index (κ3) is 3.52. The standard InChI is InChI=1S/C18H23N7O2S/c1-9-13(11(3)27-24-9)6-25-5-4-12-14(8-28-15(12)7-25)17(26)20-10(2)16-21-18(19)23-22-16/h8,10H,4-7H2,1-3H3,(H,20,26)(H3,19,21,22,23). The van der Waals surface area contributed by atoms with Gasteiger partial charge in [0.05, 0.1) is 17.3 Å². The zero-order valence-electron chi connectivity index (χ0n) is 16.1. The maximum Gasteiger partial charge on any atom is 0.252 e. The summed E-state index contributed by atoms with van der Waals surface area (Å²) in [5, 5.41) is 15.5. The van der Waals surface area contributed by atoms with Crippen molar-refractivity contribution in [1.82, 2.24) is 30.6 Å². The molecule has 0 spiro atoms. The molecular weight excluding hydrogens is 378 g/mol. The summed E-state index contributed by atoms with van der Waals surface area (Å²) < 4.78 is 5.27. The summed E-state index contributed by atoms with van der Waals surface area (Å²) in [6, 6.07) is -0.299. The van der Waals surface area contributed by atoms with Crippen molar-refractivity contribution in [2.24, 2.45) is 0 Å². The first-order valence-electron chi connectivity index (χ1n) is 9.14. The summed E-state index contributed by atoms with van der Waals surface area (Å²) in [5.41, 5.74) is 9.51. The number of anilines is 1. The minimum absolute atomic E-state index is 0.0980. The Bertz CT molecular complexity index is 986. The number of nitrogens with one attached hydrogen (secondary N) is 2. The average molecular weight is 401 g/mol. The smallest absolute Gasteiger partial charge is 0.252 e. The normalized spacial score (nSPS) is 15.4. The molecule has 4 heterocycles. The summed E-state index contributed by atoms with van der Waals surface area (Å²) in [6.07, 6.45) is 0.842. The van der Waals surface area contributed by atoms with E-state index in [1.165, 1.54) is 4.88 Å². The lowest BCUT2D eigenvalue weighted by atomic mass is 10.0. The van der Waals surface area contributed by atoms with Gasteiger partial charge in [-0.1, -0.05) is 5.16 Å². The van der Waals surface area contributed by atoms with E-state index in [4.69, 9.17) is 10.3 Å². The minimum atomic E-state index is -0.299. The minimum Gasteiger partial charge on any atom is -0.367 e. The fourth-order valence-electron chi connectivity index (χ4n) is 3.48. The Hall–Kier alpha value is -2.72. The van der Waals surface area contributed by atoms with Crippen molar-refractivity contribution in [2.45, 2.75) is 46.3 Å². The zero-order chi connectivity index (χ0) is 19.8. The van der Waals surface area contributed by atoms with Gasteiger partial charge in [0.15, 0.2) is 0 Å². The van der Waals surface area contributed by atoms with Gasteiger partial charge >= 0.3 is 0 Å². The highest BCUT2D eigenvalue weighted by Crippen LogP contribution is 2.30. The molecule has 0 saturated carbocycles. The molecule has 0 bridgehead atoms. The van der Waals surface area contributed by atoms with E-state index in [1.807, 2.05) is 26.2 Å². The van der Waals surface area contributed by atoms with E-state index in [-0.39, 0.29) is 17.9 Å². The Morgan fingerprint density at radius 1 is 1.50 bits per heavy atom. The number of fused-ring (bicyclic) bond motifs is 1. The van der Waals surface area contributed by atoms with E-state index in [0.717, 1.165) is 54.2 Å². The molecule has 1 aliphatic rings. The van der Waals surface area contributed by atoms with Gasteiger partial charge in [0.1, 0.15) is 11.6 Å². The molecule has 148 valence electrons. The lowest BCUT2D eigenvalue weighted by Crippen LogP contribution is -2.32. The predicted octanol–water partition coefficient (Wildman–Crippen LogP) is 2.10. The van der Waals surface area contributed by atoms with Crippen LogP contribution in [0, 0.1) is 13.8 Å². The third-order valence-electron chi connectivity index (χ3n) is 5.11. The van der Waals surface area contributed by atoms with Crippen LogP contribution in [0.2, 0.25) is 0 Å². The second-order valence-electron chi connectivity index (χ2n) is 7.09.